The minimum Gasteiger partial charge on any atom is -0.328 e. The predicted octanol–water partition coefficient (Wildman–Crippen LogP) is 3.27. The first-order chi connectivity index (χ1) is 11.9. The van der Waals surface area contributed by atoms with Gasteiger partial charge in [0.25, 0.3) is 5.91 Å². The Hall–Kier alpha value is -2.94. The molecule has 130 valence electrons. The Bertz CT molecular complexity index is 783. The van der Waals surface area contributed by atoms with E-state index in [1.54, 1.807) is 12.3 Å². The molecule has 25 heavy (non-hydrogen) atoms. The summed E-state index contributed by atoms with van der Waals surface area (Å²) < 4.78 is 0. The Morgan fingerprint density at radius 3 is 2.84 bits per heavy atom. The quantitative estimate of drug-likeness (QED) is 0.503. The summed E-state index contributed by atoms with van der Waals surface area (Å²) in [5, 5.41) is 14.2. The van der Waals surface area contributed by atoms with E-state index in [-0.39, 0.29) is 11.5 Å². The molecule has 1 heterocycles. The molecule has 0 atom stereocenters. The van der Waals surface area contributed by atoms with Crippen molar-refractivity contribution in [3.05, 3.63) is 42.4 Å². The summed E-state index contributed by atoms with van der Waals surface area (Å²) in [6.45, 7) is 8.00. The maximum absolute atomic E-state index is 12.4. The van der Waals surface area contributed by atoms with Gasteiger partial charge in [-0.1, -0.05) is 26.5 Å². The fourth-order valence-electron chi connectivity index (χ4n) is 2.62. The minimum atomic E-state index is -0.440. The monoisotopic (exact) mass is 337 g/mol. The lowest BCUT2D eigenvalue weighted by Gasteiger charge is -2.28. The minimum absolute atomic E-state index is 0.0279. The molecule has 6 nitrogen and oxygen atoms in total. The van der Waals surface area contributed by atoms with Crippen molar-refractivity contribution in [2.75, 3.05) is 12.4 Å². The molecule has 0 spiro atoms. The van der Waals surface area contributed by atoms with Crippen molar-refractivity contribution >= 4 is 23.0 Å². The number of aliphatic imine (C=N–C) groups is 1. The van der Waals surface area contributed by atoms with Crippen LogP contribution in [0.25, 0.3) is 5.57 Å². The summed E-state index contributed by atoms with van der Waals surface area (Å²) >= 11 is 0. The van der Waals surface area contributed by atoms with Gasteiger partial charge in [-0.05, 0) is 42.4 Å². The van der Waals surface area contributed by atoms with Gasteiger partial charge in [-0.25, -0.2) is 0 Å². The molecule has 0 bridgehead atoms. The van der Waals surface area contributed by atoms with Crippen LogP contribution in [0.2, 0.25) is 0 Å². The normalized spacial score (nSPS) is 16.4. The third-order valence-corrected chi connectivity index (χ3v) is 4.18. The molecule has 1 aliphatic carbocycles. The summed E-state index contributed by atoms with van der Waals surface area (Å²) in [4.78, 5) is 20.8. The molecule has 0 aliphatic heterocycles. The molecule has 0 radical (unpaired) electrons. The number of amidine groups is 1. The highest BCUT2D eigenvalue weighted by molar-refractivity contribution is 6.42. The Morgan fingerprint density at radius 1 is 1.48 bits per heavy atom. The molecule has 1 aromatic heterocycles. The SMILES string of the molecule is C=C(C#N)NC(=NC)C(=O)Nc1cccnc1C1=CCC(C)(C)CC1. The molecule has 0 saturated heterocycles. The number of aromatic nitrogens is 1. The van der Waals surface area contributed by atoms with Crippen LogP contribution in [0.4, 0.5) is 5.69 Å². The van der Waals surface area contributed by atoms with Crippen molar-refractivity contribution in [2.45, 2.75) is 33.1 Å². The number of hydrogen-bond acceptors (Lipinski definition) is 4. The molecular weight excluding hydrogens is 314 g/mol. The molecule has 0 unspecified atom stereocenters. The highest BCUT2D eigenvalue weighted by atomic mass is 16.2. The van der Waals surface area contributed by atoms with Crippen LogP contribution < -0.4 is 10.6 Å². The third-order valence-electron chi connectivity index (χ3n) is 4.18. The first-order valence-electron chi connectivity index (χ1n) is 8.15. The van der Waals surface area contributed by atoms with E-state index >= 15 is 0 Å². The molecule has 1 amide bonds. The number of amides is 1. The Labute approximate surface area is 148 Å². The summed E-state index contributed by atoms with van der Waals surface area (Å²) in [7, 11) is 1.47. The fourth-order valence-corrected chi connectivity index (χ4v) is 2.62. The van der Waals surface area contributed by atoms with Crippen molar-refractivity contribution in [2.24, 2.45) is 10.4 Å². The third kappa shape index (κ3) is 4.77. The average Bonchev–Trinajstić information content (AvgIpc) is 2.60. The zero-order chi connectivity index (χ0) is 18.4. The summed E-state index contributed by atoms with van der Waals surface area (Å²) in [6, 6.07) is 5.42. The first-order valence-corrected chi connectivity index (χ1v) is 8.15. The first kappa shape index (κ1) is 18.4. The lowest BCUT2D eigenvalue weighted by atomic mass is 9.77. The standard InChI is InChI=1S/C19H23N5O/c1-13(12-20)23-17(21-4)18(25)24-15-6-5-11-22-16(15)14-7-9-19(2,3)10-8-14/h5-7,11H,1,8-10H2,2-4H3,(H,21,23)(H,24,25). The summed E-state index contributed by atoms with van der Waals surface area (Å²) in [5.74, 6) is -0.412. The van der Waals surface area contributed by atoms with E-state index < -0.39 is 5.91 Å². The molecule has 0 aromatic carbocycles. The Kier molecular flexibility index (Phi) is 5.71. The van der Waals surface area contributed by atoms with E-state index in [1.807, 2.05) is 12.1 Å². The van der Waals surface area contributed by atoms with E-state index in [9.17, 15) is 4.79 Å². The van der Waals surface area contributed by atoms with Crippen LogP contribution in [-0.4, -0.2) is 23.8 Å². The lowest BCUT2D eigenvalue weighted by molar-refractivity contribution is -0.110. The van der Waals surface area contributed by atoms with Gasteiger partial charge in [0.15, 0.2) is 5.84 Å². The molecule has 0 saturated carbocycles. The van der Waals surface area contributed by atoms with Gasteiger partial charge >= 0.3 is 0 Å². The summed E-state index contributed by atoms with van der Waals surface area (Å²) in [5.41, 5.74) is 2.90. The number of rotatable bonds is 3. The van der Waals surface area contributed by atoms with Gasteiger partial charge in [0.1, 0.15) is 11.8 Å². The zero-order valence-electron chi connectivity index (χ0n) is 14.9. The molecule has 0 fully saturated rings. The largest absolute Gasteiger partial charge is 0.328 e. The molecule has 2 rings (SSSR count). The molecule has 6 heteroatoms. The van der Waals surface area contributed by atoms with Crippen LogP contribution in [0.1, 0.15) is 38.8 Å². The van der Waals surface area contributed by atoms with Gasteiger partial charge in [-0.2, -0.15) is 5.26 Å². The number of allylic oxidation sites excluding steroid dienone is 3. The van der Waals surface area contributed by atoms with Crippen molar-refractivity contribution in [3.63, 3.8) is 0 Å². The van der Waals surface area contributed by atoms with E-state index in [1.165, 1.54) is 7.05 Å². The smallest absolute Gasteiger partial charge is 0.291 e. The van der Waals surface area contributed by atoms with Gasteiger partial charge in [0.2, 0.25) is 0 Å². The second-order valence-corrected chi connectivity index (χ2v) is 6.74. The van der Waals surface area contributed by atoms with Crippen LogP contribution in [0.5, 0.6) is 0 Å². The van der Waals surface area contributed by atoms with Gasteiger partial charge < -0.3 is 10.6 Å². The van der Waals surface area contributed by atoms with Crippen LogP contribution in [0.3, 0.4) is 0 Å². The number of nitriles is 1. The number of carbonyl (C=O) groups is 1. The number of nitrogens with zero attached hydrogens (tertiary/aromatic N) is 3. The highest BCUT2D eigenvalue weighted by Crippen LogP contribution is 2.38. The maximum Gasteiger partial charge on any atom is 0.291 e. The number of hydrogen-bond donors (Lipinski definition) is 2. The van der Waals surface area contributed by atoms with E-state index in [0.29, 0.717) is 11.1 Å². The number of pyridine rings is 1. The molecule has 1 aliphatic rings. The Balaban J connectivity index is 2.21. The predicted molar refractivity (Wildman–Crippen MR) is 99.7 cm³/mol. The fraction of sp³-hybridized carbons (Fsp3) is 0.368. The molecule has 1 aromatic rings. The van der Waals surface area contributed by atoms with Crippen LogP contribution in [0.15, 0.2) is 41.7 Å². The van der Waals surface area contributed by atoms with Crippen molar-refractivity contribution in [3.8, 4) is 6.07 Å². The molecular formula is C19H23N5O. The number of nitrogens with one attached hydrogen (secondary N) is 2. The number of carbonyl (C=O) groups excluding carboxylic acids is 1. The second kappa shape index (κ2) is 7.75. The second-order valence-electron chi connectivity index (χ2n) is 6.74. The van der Waals surface area contributed by atoms with Gasteiger partial charge in [0, 0.05) is 13.2 Å². The van der Waals surface area contributed by atoms with Crippen LogP contribution in [-0.2, 0) is 4.79 Å². The van der Waals surface area contributed by atoms with E-state index in [0.717, 1.165) is 30.5 Å². The average molecular weight is 337 g/mol. The van der Waals surface area contributed by atoms with Gasteiger partial charge in [-0.15, -0.1) is 0 Å². The lowest BCUT2D eigenvalue weighted by Crippen LogP contribution is -2.35. The van der Waals surface area contributed by atoms with E-state index in [2.05, 4.69) is 47.1 Å². The maximum atomic E-state index is 12.4. The molecule has 2 N–H and O–H groups in total. The van der Waals surface area contributed by atoms with Crippen LogP contribution >= 0.6 is 0 Å². The highest BCUT2D eigenvalue weighted by Gasteiger charge is 2.24. The van der Waals surface area contributed by atoms with Crippen LogP contribution in [0, 0.1) is 16.7 Å². The Morgan fingerprint density at radius 2 is 2.24 bits per heavy atom. The van der Waals surface area contributed by atoms with E-state index in [4.69, 9.17) is 5.26 Å². The van der Waals surface area contributed by atoms with Crippen molar-refractivity contribution in [1.82, 2.24) is 10.3 Å². The zero-order valence-corrected chi connectivity index (χ0v) is 14.9. The van der Waals surface area contributed by atoms with Crippen molar-refractivity contribution in [1.29, 1.82) is 5.26 Å². The van der Waals surface area contributed by atoms with Gasteiger partial charge in [0.05, 0.1) is 11.4 Å². The number of anilines is 1. The van der Waals surface area contributed by atoms with Gasteiger partial charge in [-0.3, -0.25) is 14.8 Å². The summed E-state index contributed by atoms with van der Waals surface area (Å²) in [6.07, 6.45) is 6.90. The topological polar surface area (TPSA) is 90.2 Å². The van der Waals surface area contributed by atoms with Crippen molar-refractivity contribution < 1.29 is 4.79 Å².